The molecule has 0 saturated carbocycles. The Kier molecular flexibility index (Phi) is 5.57. The van der Waals surface area contributed by atoms with Crippen molar-refractivity contribution in [2.24, 2.45) is 0 Å². The fraction of sp³-hybridized carbons (Fsp3) is 0.167. The van der Waals surface area contributed by atoms with Gasteiger partial charge in [-0.25, -0.2) is 9.78 Å². The average Bonchev–Trinajstić information content (AvgIpc) is 3.27. The highest BCUT2D eigenvalue weighted by atomic mass is 35.5. The Hall–Kier alpha value is -3.04. The van der Waals surface area contributed by atoms with Gasteiger partial charge in [0.25, 0.3) is 5.69 Å². The molecule has 0 N–H and O–H groups in total. The zero-order chi connectivity index (χ0) is 20.4. The number of esters is 1. The summed E-state index contributed by atoms with van der Waals surface area (Å²) in [4.78, 5) is 39.2. The van der Waals surface area contributed by atoms with Crippen molar-refractivity contribution < 1.29 is 19.2 Å². The highest BCUT2D eigenvalue weighted by Gasteiger charge is 2.21. The normalized spacial score (nSPS) is 10.7. The lowest BCUT2D eigenvalue weighted by molar-refractivity contribution is -0.384. The number of ketones is 1. The minimum absolute atomic E-state index is 0.0582. The Bertz CT molecular complexity index is 1080. The molecule has 0 bridgehead atoms. The highest BCUT2D eigenvalue weighted by Crippen LogP contribution is 2.26. The fourth-order valence-electron chi connectivity index (χ4n) is 2.74. The van der Waals surface area contributed by atoms with Crippen LogP contribution in [-0.4, -0.2) is 32.8 Å². The van der Waals surface area contributed by atoms with Crippen molar-refractivity contribution in [2.75, 3.05) is 6.61 Å². The summed E-state index contributed by atoms with van der Waals surface area (Å²) in [6, 6.07) is 5.26. The third-order valence-electron chi connectivity index (χ3n) is 4.05. The molecule has 0 saturated heterocycles. The summed E-state index contributed by atoms with van der Waals surface area (Å²) in [7, 11) is 0. The number of rotatable bonds is 6. The number of carbonyl (C=O) groups excluding carboxylic acids is 2. The van der Waals surface area contributed by atoms with Gasteiger partial charge in [-0.1, -0.05) is 11.6 Å². The van der Waals surface area contributed by atoms with Gasteiger partial charge in [-0.3, -0.25) is 19.5 Å². The second-order valence-electron chi connectivity index (χ2n) is 5.86. The van der Waals surface area contributed by atoms with E-state index < -0.39 is 23.2 Å². The van der Waals surface area contributed by atoms with Gasteiger partial charge in [-0.05, 0) is 32.0 Å². The molecule has 144 valence electrons. The number of thiazole rings is 1. The smallest absolute Gasteiger partial charge is 0.338 e. The minimum Gasteiger partial charge on any atom is -0.454 e. The van der Waals surface area contributed by atoms with E-state index in [1.807, 2.05) is 16.9 Å². The Morgan fingerprint density at radius 1 is 1.32 bits per heavy atom. The van der Waals surface area contributed by atoms with Crippen LogP contribution >= 0.6 is 22.9 Å². The summed E-state index contributed by atoms with van der Waals surface area (Å²) in [6.45, 7) is 3.15. The first-order valence-electron chi connectivity index (χ1n) is 8.02. The molecule has 0 radical (unpaired) electrons. The van der Waals surface area contributed by atoms with Gasteiger partial charge in [0.15, 0.2) is 11.7 Å². The Labute approximate surface area is 168 Å². The van der Waals surface area contributed by atoms with Crippen molar-refractivity contribution in [3.8, 4) is 5.13 Å². The van der Waals surface area contributed by atoms with Gasteiger partial charge in [0.2, 0.25) is 5.78 Å². The number of nitrogens with zero attached hydrogens (tertiary/aromatic N) is 3. The molecule has 3 rings (SSSR count). The van der Waals surface area contributed by atoms with Crippen molar-refractivity contribution in [1.82, 2.24) is 9.55 Å². The molecular weight excluding hydrogens is 406 g/mol. The van der Waals surface area contributed by atoms with Gasteiger partial charge in [-0.15, -0.1) is 11.3 Å². The molecular formula is C18H14ClN3O5S. The molecule has 0 aliphatic carbocycles. The van der Waals surface area contributed by atoms with Gasteiger partial charge >= 0.3 is 5.97 Å². The Balaban J connectivity index is 1.75. The first-order valence-corrected chi connectivity index (χ1v) is 9.28. The number of aromatic nitrogens is 2. The van der Waals surface area contributed by atoms with Crippen LogP contribution in [0.15, 0.2) is 35.8 Å². The third-order valence-corrected chi connectivity index (χ3v) is 5.13. The van der Waals surface area contributed by atoms with Crippen molar-refractivity contribution in [1.29, 1.82) is 0 Å². The van der Waals surface area contributed by atoms with Crippen molar-refractivity contribution in [3.05, 3.63) is 73.5 Å². The molecule has 28 heavy (non-hydrogen) atoms. The molecule has 0 aliphatic rings. The van der Waals surface area contributed by atoms with E-state index in [0.29, 0.717) is 11.3 Å². The number of Topliss-reactive ketones (excluding diaryl/α,β-unsaturated/α-hetero) is 1. The lowest BCUT2D eigenvalue weighted by Crippen LogP contribution is -2.15. The molecule has 2 heterocycles. The van der Waals surface area contributed by atoms with Gasteiger partial charge < -0.3 is 4.74 Å². The summed E-state index contributed by atoms with van der Waals surface area (Å²) in [6.07, 6.45) is 1.67. The van der Waals surface area contributed by atoms with Crippen molar-refractivity contribution in [2.45, 2.75) is 13.8 Å². The van der Waals surface area contributed by atoms with Crippen LogP contribution < -0.4 is 0 Å². The standard InChI is InChI=1S/C18H14ClN3O5S/c1-10-7-13(11(2)21(10)18-20-5-6-28-18)16(23)9-27-17(24)12-3-4-14(19)15(8-12)22(25)26/h3-8H,9H2,1-2H3. The molecule has 0 atom stereocenters. The maximum absolute atomic E-state index is 12.5. The molecule has 10 heteroatoms. The molecule has 0 spiro atoms. The number of carbonyl (C=O) groups is 2. The summed E-state index contributed by atoms with van der Waals surface area (Å²) >= 11 is 7.16. The van der Waals surface area contributed by atoms with Crippen LogP contribution in [0.2, 0.25) is 5.02 Å². The number of hydrogen-bond acceptors (Lipinski definition) is 7. The summed E-state index contributed by atoms with van der Waals surface area (Å²) in [5, 5.41) is 13.4. The molecule has 2 aromatic heterocycles. The first kappa shape index (κ1) is 19.7. The summed E-state index contributed by atoms with van der Waals surface area (Å²) in [5.74, 6) is -1.23. The maximum Gasteiger partial charge on any atom is 0.338 e. The lowest BCUT2D eigenvalue weighted by Gasteiger charge is -2.06. The first-order chi connectivity index (χ1) is 13.3. The van der Waals surface area contributed by atoms with Crippen LogP contribution in [0, 0.1) is 24.0 Å². The number of hydrogen-bond donors (Lipinski definition) is 0. The monoisotopic (exact) mass is 419 g/mol. The van der Waals surface area contributed by atoms with Gasteiger partial charge in [0.1, 0.15) is 5.02 Å². The van der Waals surface area contributed by atoms with Crippen LogP contribution in [-0.2, 0) is 4.74 Å². The predicted octanol–water partition coefficient (Wildman–Crippen LogP) is 4.15. The van der Waals surface area contributed by atoms with E-state index in [-0.39, 0.29) is 16.4 Å². The molecule has 0 amide bonds. The second-order valence-corrected chi connectivity index (χ2v) is 7.14. The van der Waals surface area contributed by atoms with E-state index in [1.165, 1.54) is 23.5 Å². The zero-order valence-corrected chi connectivity index (χ0v) is 16.4. The van der Waals surface area contributed by atoms with Crippen molar-refractivity contribution >= 4 is 40.4 Å². The Morgan fingerprint density at radius 2 is 2.07 bits per heavy atom. The molecule has 1 aromatic carbocycles. The maximum atomic E-state index is 12.5. The van der Waals surface area contributed by atoms with Crippen LogP contribution in [0.25, 0.3) is 5.13 Å². The minimum atomic E-state index is -0.846. The van der Waals surface area contributed by atoms with Crippen LogP contribution in [0.4, 0.5) is 5.69 Å². The fourth-order valence-corrected chi connectivity index (χ4v) is 3.68. The quantitative estimate of drug-likeness (QED) is 0.257. The number of aryl methyl sites for hydroxylation is 1. The van der Waals surface area contributed by atoms with E-state index in [2.05, 4.69) is 4.98 Å². The average molecular weight is 420 g/mol. The van der Waals surface area contributed by atoms with Crippen molar-refractivity contribution in [3.63, 3.8) is 0 Å². The SMILES string of the molecule is Cc1cc(C(=O)COC(=O)c2ccc(Cl)c([N+](=O)[O-])c2)c(C)n1-c1nccs1. The molecule has 0 aliphatic heterocycles. The molecule has 0 unspecified atom stereocenters. The van der Waals surface area contributed by atoms with Gasteiger partial charge in [0, 0.05) is 34.6 Å². The lowest BCUT2D eigenvalue weighted by atomic mass is 10.1. The molecule has 0 fully saturated rings. The van der Waals surface area contributed by atoms with Crippen LogP contribution in [0.3, 0.4) is 0 Å². The van der Waals surface area contributed by atoms with E-state index >= 15 is 0 Å². The Morgan fingerprint density at radius 3 is 2.71 bits per heavy atom. The van der Waals surface area contributed by atoms with E-state index in [9.17, 15) is 19.7 Å². The molecule has 3 aromatic rings. The predicted molar refractivity (Wildman–Crippen MR) is 104 cm³/mol. The summed E-state index contributed by atoms with van der Waals surface area (Å²) in [5.41, 5.74) is 1.47. The highest BCUT2D eigenvalue weighted by molar-refractivity contribution is 7.12. The number of ether oxygens (including phenoxy) is 1. The van der Waals surface area contributed by atoms with Gasteiger partial charge in [-0.2, -0.15) is 0 Å². The molecule has 8 nitrogen and oxygen atoms in total. The third kappa shape index (κ3) is 3.80. The van der Waals surface area contributed by atoms with E-state index in [4.69, 9.17) is 16.3 Å². The second kappa shape index (κ2) is 7.91. The topological polar surface area (TPSA) is 104 Å². The van der Waals surface area contributed by atoms with Crippen LogP contribution in [0.5, 0.6) is 0 Å². The van der Waals surface area contributed by atoms with Gasteiger partial charge in [0.05, 0.1) is 10.5 Å². The number of benzene rings is 1. The van der Waals surface area contributed by atoms with E-state index in [0.717, 1.165) is 16.9 Å². The van der Waals surface area contributed by atoms with Crippen LogP contribution in [0.1, 0.15) is 32.1 Å². The zero-order valence-electron chi connectivity index (χ0n) is 14.8. The number of halogens is 1. The van der Waals surface area contributed by atoms with E-state index in [1.54, 1.807) is 19.2 Å². The number of nitro groups is 1. The largest absolute Gasteiger partial charge is 0.454 e. The number of nitro benzene ring substituents is 1. The summed E-state index contributed by atoms with van der Waals surface area (Å²) < 4.78 is 6.89.